The van der Waals surface area contributed by atoms with Gasteiger partial charge in [-0.05, 0) is 59.2 Å². The topological polar surface area (TPSA) is 42.3 Å². The smallest absolute Gasteiger partial charge is 0.106 e. The van der Waals surface area contributed by atoms with Crippen molar-refractivity contribution >= 4 is 0 Å². The molecule has 0 aromatic rings. The van der Waals surface area contributed by atoms with Crippen LogP contribution in [0.3, 0.4) is 0 Å². The fraction of sp³-hybridized carbons (Fsp3) is 0.938. The Morgan fingerprint density at radius 1 is 1.40 bits per heavy atom. The van der Waals surface area contributed by atoms with Gasteiger partial charge >= 0.3 is 0 Å². The summed E-state index contributed by atoms with van der Waals surface area (Å²) in [5.41, 5.74) is -0.321. The van der Waals surface area contributed by atoms with Crippen molar-refractivity contribution in [3.8, 4) is 6.07 Å². The van der Waals surface area contributed by atoms with Crippen molar-refractivity contribution in [3.63, 3.8) is 0 Å². The van der Waals surface area contributed by atoms with E-state index in [1.165, 1.54) is 32.5 Å². The Kier molecular flexibility index (Phi) is 5.42. The molecule has 2 aliphatic heterocycles. The molecule has 1 N–H and O–H groups in total. The summed E-state index contributed by atoms with van der Waals surface area (Å²) in [6.07, 6.45) is 5.69. The Bertz CT molecular complexity index is 345. The van der Waals surface area contributed by atoms with Gasteiger partial charge in [0.05, 0.1) is 6.07 Å². The SMILES string of the molecule is CCC(C#N)(CCCN1CC2CCCN2CC1C)NC. The van der Waals surface area contributed by atoms with Crippen molar-refractivity contribution in [3.05, 3.63) is 0 Å². The Hall–Kier alpha value is -0.630. The zero-order valence-electron chi connectivity index (χ0n) is 13.4. The number of fused-ring (bicyclic) bond motifs is 1. The highest BCUT2D eigenvalue weighted by atomic mass is 15.3. The first kappa shape index (κ1) is 15.8. The first-order valence-electron chi connectivity index (χ1n) is 8.22. The van der Waals surface area contributed by atoms with Gasteiger partial charge in [-0.1, -0.05) is 6.92 Å². The molecule has 114 valence electrons. The Labute approximate surface area is 124 Å². The lowest BCUT2D eigenvalue weighted by atomic mass is 9.92. The van der Waals surface area contributed by atoms with Crippen molar-refractivity contribution in [2.24, 2.45) is 0 Å². The second-order valence-electron chi connectivity index (χ2n) is 6.54. The monoisotopic (exact) mass is 278 g/mol. The van der Waals surface area contributed by atoms with E-state index in [1.54, 1.807) is 0 Å². The van der Waals surface area contributed by atoms with E-state index >= 15 is 0 Å². The standard InChI is InChI=1S/C16H30N4/c1-4-16(13-17,18-3)8-6-10-19-12-15-7-5-9-20(15)11-14(19)2/h14-15,18H,4-12H2,1-3H3. The van der Waals surface area contributed by atoms with Gasteiger partial charge in [0.25, 0.3) is 0 Å². The van der Waals surface area contributed by atoms with Crippen LogP contribution in [0.4, 0.5) is 0 Å². The number of piperazine rings is 1. The first-order valence-corrected chi connectivity index (χ1v) is 8.22. The third-order valence-corrected chi connectivity index (χ3v) is 5.41. The quantitative estimate of drug-likeness (QED) is 0.805. The maximum atomic E-state index is 9.36. The number of hydrogen-bond acceptors (Lipinski definition) is 4. The number of nitrogens with zero attached hydrogens (tertiary/aromatic N) is 3. The summed E-state index contributed by atoms with van der Waals surface area (Å²) in [6, 6.07) is 3.92. The van der Waals surface area contributed by atoms with Crippen LogP contribution in [0.1, 0.15) is 46.0 Å². The van der Waals surface area contributed by atoms with Crippen molar-refractivity contribution in [1.29, 1.82) is 5.26 Å². The molecular formula is C16H30N4. The van der Waals surface area contributed by atoms with Gasteiger partial charge in [-0.3, -0.25) is 9.80 Å². The molecule has 4 nitrogen and oxygen atoms in total. The molecule has 0 aromatic heterocycles. The highest BCUT2D eigenvalue weighted by molar-refractivity contribution is 5.05. The third kappa shape index (κ3) is 3.33. The minimum absolute atomic E-state index is 0.321. The van der Waals surface area contributed by atoms with E-state index in [-0.39, 0.29) is 5.54 Å². The molecule has 0 spiro atoms. The normalized spacial score (nSPS) is 30.7. The molecule has 0 amide bonds. The van der Waals surface area contributed by atoms with E-state index in [0.29, 0.717) is 6.04 Å². The lowest BCUT2D eigenvalue weighted by molar-refractivity contribution is 0.0573. The summed E-state index contributed by atoms with van der Waals surface area (Å²) in [4.78, 5) is 5.31. The van der Waals surface area contributed by atoms with Gasteiger partial charge in [-0.25, -0.2) is 0 Å². The Balaban J connectivity index is 1.80. The van der Waals surface area contributed by atoms with Crippen LogP contribution >= 0.6 is 0 Å². The zero-order valence-corrected chi connectivity index (χ0v) is 13.4. The predicted octanol–water partition coefficient (Wildman–Crippen LogP) is 1.83. The van der Waals surface area contributed by atoms with Gasteiger partial charge in [-0.2, -0.15) is 5.26 Å². The van der Waals surface area contributed by atoms with E-state index < -0.39 is 0 Å². The van der Waals surface area contributed by atoms with Gasteiger partial charge in [0.15, 0.2) is 0 Å². The van der Waals surface area contributed by atoms with Crippen molar-refractivity contribution in [2.75, 3.05) is 33.2 Å². The molecule has 3 atom stereocenters. The second-order valence-corrected chi connectivity index (χ2v) is 6.54. The minimum atomic E-state index is -0.321. The fourth-order valence-electron chi connectivity index (χ4n) is 3.81. The van der Waals surface area contributed by atoms with Crippen molar-refractivity contribution < 1.29 is 0 Å². The van der Waals surface area contributed by atoms with Gasteiger partial charge in [0.2, 0.25) is 0 Å². The average molecular weight is 278 g/mol. The van der Waals surface area contributed by atoms with Crippen LogP contribution in [-0.2, 0) is 0 Å². The molecule has 0 bridgehead atoms. The fourth-order valence-corrected chi connectivity index (χ4v) is 3.81. The molecule has 2 heterocycles. The largest absolute Gasteiger partial charge is 0.302 e. The maximum Gasteiger partial charge on any atom is 0.106 e. The van der Waals surface area contributed by atoms with Crippen LogP contribution in [0.25, 0.3) is 0 Å². The second kappa shape index (κ2) is 6.89. The van der Waals surface area contributed by atoms with E-state index in [1.807, 2.05) is 7.05 Å². The molecule has 0 aromatic carbocycles. The van der Waals surface area contributed by atoms with Crippen LogP contribution in [0, 0.1) is 11.3 Å². The molecule has 2 aliphatic rings. The van der Waals surface area contributed by atoms with Crippen LogP contribution in [0.15, 0.2) is 0 Å². The molecular weight excluding hydrogens is 248 g/mol. The number of nitrogens with one attached hydrogen (secondary N) is 1. The highest BCUT2D eigenvalue weighted by Gasteiger charge is 2.34. The summed E-state index contributed by atoms with van der Waals surface area (Å²) in [7, 11) is 1.91. The van der Waals surface area contributed by atoms with Crippen molar-refractivity contribution in [2.45, 2.75) is 63.6 Å². The maximum absolute atomic E-state index is 9.36. The summed E-state index contributed by atoms with van der Waals surface area (Å²) in [6.45, 7) is 9.34. The summed E-state index contributed by atoms with van der Waals surface area (Å²) in [5, 5.41) is 12.6. The van der Waals surface area contributed by atoms with E-state index in [4.69, 9.17) is 0 Å². The number of rotatable bonds is 6. The summed E-state index contributed by atoms with van der Waals surface area (Å²) < 4.78 is 0. The molecule has 0 radical (unpaired) electrons. The van der Waals surface area contributed by atoms with Crippen LogP contribution in [0.5, 0.6) is 0 Å². The van der Waals surface area contributed by atoms with Crippen LogP contribution in [0.2, 0.25) is 0 Å². The van der Waals surface area contributed by atoms with Crippen LogP contribution < -0.4 is 5.32 Å². The van der Waals surface area contributed by atoms with Gasteiger partial charge in [0, 0.05) is 25.2 Å². The van der Waals surface area contributed by atoms with Crippen molar-refractivity contribution in [1.82, 2.24) is 15.1 Å². The summed E-state index contributed by atoms with van der Waals surface area (Å²) in [5.74, 6) is 0. The first-order chi connectivity index (χ1) is 9.64. The molecule has 0 saturated carbocycles. The van der Waals surface area contributed by atoms with Crippen LogP contribution in [-0.4, -0.2) is 60.6 Å². The molecule has 0 aliphatic carbocycles. The average Bonchev–Trinajstić information content (AvgIpc) is 2.91. The molecule has 3 unspecified atom stereocenters. The van der Waals surface area contributed by atoms with Gasteiger partial charge in [-0.15, -0.1) is 0 Å². The zero-order chi connectivity index (χ0) is 14.6. The van der Waals surface area contributed by atoms with E-state index in [0.717, 1.165) is 31.8 Å². The highest BCUT2D eigenvalue weighted by Crippen LogP contribution is 2.25. The summed E-state index contributed by atoms with van der Waals surface area (Å²) >= 11 is 0. The number of nitriles is 1. The molecule has 2 saturated heterocycles. The Morgan fingerprint density at radius 3 is 2.85 bits per heavy atom. The van der Waals surface area contributed by atoms with Gasteiger partial charge in [0.1, 0.15) is 5.54 Å². The lowest BCUT2D eigenvalue weighted by Gasteiger charge is -2.42. The molecule has 2 fully saturated rings. The molecule has 20 heavy (non-hydrogen) atoms. The third-order valence-electron chi connectivity index (χ3n) is 5.41. The number of hydrogen-bond donors (Lipinski definition) is 1. The van der Waals surface area contributed by atoms with Gasteiger partial charge < -0.3 is 5.32 Å². The predicted molar refractivity (Wildman–Crippen MR) is 82.6 cm³/mol. The Morgan fingerprint density at radius 2 is 2.20 bits per heavy atom. The van der Waals surface area contributed by atoms with E-state index in [9.17, 15) is 5.26 Å². The minimum Gasteiger partial charge on any atom is -0.302 e. The lowest BCUT2D eigenvalue weighted by Crippen LogP contribution is -2.55. The van der Waals surface area contributed by atoms with E-state index in [2.05, 4.69) is 35.0 Å². The molecule has 2 rings (SSSR count). The molecule has 4 heteroatoms.